The minimum atomic E-state index is -3.98. The van der Waals surface area contributed by atoms with Gasteiger partial charge >= 0.3 is 6.09 Å². The highest BCUT2D eigenvalue weighted by atomic mass is 32.2. The van der Waals surface area contributed by atoms with Gasteiger partial charge in [0.05, 0.1) is 5.75 Å². The minimum absolute atomic E-state index is 0.153. The predicted octanol–water partition coefficient (Wildman–Crippen LogP) is 4.25. The van der Waals surface area contributed by atoms with E-state index in [4.69, 9.17) is 9.29 Å². The summed E-state index contributed by atoms with van der Waals surface area (Å²) in [6, 6.07) is 0. The first-order chi connectivity index (χ1) is 11.7. The van der Waals surface area contributed by atoms with E-state index in [2.05, 4.69) is 12.2 Å². The Balaban J connectivity index is 3.67. The summed E-state index contributed by atoms with van der Waals surface area (Å²) in [6.07, 6.45) is 8.61. The van der Waals surface area contributed by atoms with Crippen LogP contribution < -0.4 is 5.32 Å². The summed E-state index contributed by atoms with van der Waals surface area (Å²) >= 11 is 1.78. The Hall–Kier alpha value is -0.470. The Morgan fingerprint density at radius 1 is 1.08 bits per heavy atom. The summed E-state index contributed by atoms with van der Waals surface area (Å²) in [5.74, 6) is 1.42. The first-order valence-electron chi connectivity index (χ1n) is 9.16. The Morgan fingerprint density at radius 2 is 1.68 bits per heavy atom. The molecule has 0 heterocycles. The molecule has 0 aliphatic rings. The fraction of sp³-hybridized carbons (Fsp3) is 0.941. The summed E-state index contributed by atoms with van der Waals surface area (Å²) in [5.41, 5.74) is -0.571. The van der Waals surface area contributed by atoms with E-state index in [1.165, 1.54) is 44.9 Å². The van der Waals surface area contributed by atoms with Crippen LogP contribution in [0.4, 0.5) is 4.79 Å². The average molecular weight is 398 g/mol. The highest BCUT2D eigenvalue weighted by Gasteiger charge is 2.22. The second-order valence-corrected chi connectivity index (χ2v) is 9.57. The number of rotatable bonds is 15. The number of hydrogen-bond acceptors (Lipinski definition) is 5. The third-order valence-electron chi connectivity index (χ3n) is 3.56. The molecule has 25 heavy (non-hydrogen) atoms. The molecule has 0 aromatic carbocycles. The van der Waals surface area contributed by atoms with Crippen LogP contribution in [0.1, 0.15) is 72.1 Å². The molecule has 0 rings (SSSR count). The van der Waals surface area contributed by atoms with Crippen LogP contribution in [-0.2, 0) is 14.9 Å². The number of carbonyl (C=O) groups excluding carboxylic acids is 1. The molecule has 0 aliphatic heterocycles. The number of nitrogens with one attached hydrogen (secondary N) is 1. The monoisotopic (exact) mass is 397 g/mol. The van der Waals surface area contributed by atoms with Crippen molar-refractivity contribution in [3.05, 3.63) is 0 Å². The second kappa shape index (κ2) is 13.7. The average Bonchev–Trinajstić information content (AvgIpc) is 2.48. The molecule has 0 aromatic rings. The number of unbranched alkanes of at least 4 members (excludes halogenated alkanes) is 6. The largest absolute Gasteiger partial charge is 0.443 e. The van der Waals surface area contributed by atoms with Gasteiger partial charge in [0.15, 0.2) is 0 Å². The van der Waals surface area contributed by atoms with Crippen LogP contribution >= 0.6 is 11.8 Å². The smallest absolute Gasteiger partial charge is 0.407 e. The van der Waals surface area contributed by atoms with E-state index in [-0.39, 0.29) is 18.7 Å². The van der Waals surface area contributed by atoms with Gasteiger partial charge in [0.1, 0.15) is 5.60 Å². The van der Waals surface area contributed by atoms with E-state index < -0.39 is 21.8 Å². The number of thioether (sulfide) groups is 1. The molecule has 0 aliphatic carbocycles. The normalized spacial score (nSPS) is 12.2. The Labute approximate surface area is 157 Å². The van der Waals surface area contributed by atoms with Crippen LogP contribution in [0.2, 0.25) is 0 Å². The molecule has 0 radical (unpaired) electrons. The van der Waals surface area contributed by atoms with Crippen molar-refractivity contribution in [2.24, 2.45) is 0 Å². The molecule has 0 fully saturated rings. The lowest BCUT2D eigenvalue weighted by Gasteiger charge is -2.24. The molecular weight excluding hydrogens is 362 g/mol. The zero-order chi connectivity index (χ0) is 19.2. The second-order valence-electron chi connectivity index (χ2n) is 6.89. The van der Waals surface area contributed by atoms with Crippen LogP contribution in [0.25, 0.3) is 0 Å². The Bertz CT molecular complexity index is 452. The molecule has 6 nitrogen and oxygen atoms in total. The van der Waals surface area contributed by atoms with Crippen molar-refractivity contribution in [2.45, 2.75) is 77.7 Å². The lowest BCUT2D eigenvalue weighted by atomic mass is 10.1. The first-order valence-corrected chi connectivity index (χ1v) is 11.9. The van der Waals surface area contributed by atoms with E-state index in [0.717, 1.165) is 11.5 Å². The van der Waals surface area contributed by atoms with Crippen molar-refractivity contribution in [1.82, 2.24) is 5.32 Å². The zero-order valence-corrected chi connectivity index (χ0v) is 17.5. The van der Waals surface area contributed by atoms with Crippen molar-refractivity contribution in [1.29, 1.82) is 0 Å². The van der Waals surface area contributed by atoms with Crippen molar-refractivity contribution in [3.63, 3.8) is 0 Å². The highest BCUT2D eigenvalue weighted by Crippen LogP contribution is 2.19. The van der Waals surface area contributed by atoms with Gasteiger partial charge in [0.2, 0.25) is 0 Å². The number of hydrogen-bond donors (Lipinski definition) is 2. The van der Waals surface area contributed by atoms with Gasteiger partial charge in [-0.25, -0.2) is 4.79 Å². The van der Waals surface area contributed by atoms with Crippen molar-refractivity contribution in [2.75, 3.05) is 23.8 Å². The van der Waals surface area contributed by atoms with E-state index in [0.29, 0.717) is 0 Å². The number of alkyl carbamates (subject to hydrolysis) is 1. The quantitative estimate of drug-likeness (QED) is 0.317. The van der Waals surface area contributed by atoms with Crippen LogP contribution in [0, 0.1) is 0 Å². The van der Waals surface area contributed by atoms with Gasteiger partial charge in [-0.15, -0.1) is 0 Å². The molecule has 0 saturated carbocycles. The maximum absolute atomic E-state index is 11.7. The molecule has 150 valence electrons. The van der Waals surface area contributed by atoms with Gasteiger partial charge < -0.3 is 10.1 Å². The van der Waals surface area contributed by atoms with E-state index in [1.807, 2.05) is 13.8 Å². The van der Waals surface area contributed by atoms with E-state index >= 15 is 0 Å². The molecule has 0 aromatic heterocycles. The summed E-state index contributed by atoms with van der Waals surface area (Å²) in [7, 11) is -3.98. The third-order valence-corrected chi connectivity index (χ3v) is 5.84. The van der Waals surface area contributed by atoms with Gasteiger partial charge in [-0.3, -0.25) is 4.55 Å². The van der Waals surface area contributed by atoms with Crippen LogP contribution in [-0.4, -0.2) is 48.5 Å². The number of carbonyl (C=O) groups is 1. The van der Waals surface area contributed by atoms with Gasteiger partial charge in [-0.05, 0) is 32.4 Å². The zero-order valence-electron chi connectivity index (χ0n) is 15.9. The van der Waals surface area contributed by atoms with Crippen molar-refractivity contribution < 1.29 is 22.5 Å². The predicted molar refractivity (Wildman–Crippen MR) is 105 cm³/mol. The SMILES string of the molecule is CCCCCCCCCSCC(C)(C)OC(=O)NCCCS(=O)(=O)O. The van der Waals surface area contributed by atoms with Crippen LogP contribution in [0.15, 0.2) is 0 Å². The summed E-state index contributed by atoms with van der Waals surface area (Å²) in [4.78, 5) is 11.7. The molecule has 2 N–H and O–H groups in total. The van der Waals surface area contributed by atoms with E-state index in [9.17, 15) is 13.2 Å². The van der Waals surface area contributed by atoms with Crippen LogP contribution in [0.5, 0.6) is 0 Å². The van der Waals surface area contributed by atoms with Crippen molar-refractivity contribution >= 4 is 28.0 Å². The standard InChI is InChI=1S/C17H35NO5S2/c1-4-5-6-7-8-9-10-13-24-15-17(2,3)23-16(19)18-12-11-14-25(20,21)22/h4-15H2,1-3H3,(H,18,19)(H,20,21,22). The maximum atomic E-state index is 11.7. The van der Waals surface area contributed by atoms with Gasteiger partial charge in [-0.2, -0.15) is 20.2 Å². The molecular formula is C17H35NO5S2. The molecule has 0 bridgehead atoms. The summed E-state index contributed by atoms with van der Waals surface area (Å²) < 4.78 is 35.1. The number of amides is 1. The lowest BCUT2D eigenvalue weighted by Crippen LogP contribution is -2.37. The molecule has 0 spiro atoms. The van der Waals surface area contributed by atoms with Crippen molar-refractivity contribution in [3.8, 4) is 0 Å². The summed E-state index contributed by atoms with van der Waals surface area (Å²) in [6.45, 7) is 6.10. The highest BCUT2D eigenvalue weighted by molar-refractivity contribution is 7.99. The van der Waals surface area contributed by atoms with Gasteiger partial charge in [0, 0.05) is 12.3 Å². The van der Waals surface area contributed by atoms with Crippen LogP contribution in [0.3, 0.4) is 0 Å². The molecule has 8 heteroatoms. The Morgan fingerprint density at radius 3 is 2.28 bits per heavy atom. The fourth-order valence-corrected chi connectivity index (χ4v) is 3.85. The Kier molecular flexibility index (Phi) is 13.4. The number of ether oxygens (including phenoxy) is 1. The molecule has 1 amide bonds. The molecule has 0 unspecified atom stereocenters. The minimum Gasteiger partial charge on any atom is -0.443 e. The molecule has 0 atom stereocenters. The third kappa shape index (κ3) is 18.1. The first kappa shape index (κ1) is 24.5. The van der Waals surface area contributed by atoms with Gasteiger partial charge in [0.25, 0.3) is 10.1 Å². The fourth-order valence-electron chi connectivity index (χ4n) is 2.24. The van der Waals surface area contributed by atoms with E-state index in [1.54, 1.807) is 11.8 Å². The summed E-state index contributed by atoms with van der Waals surface area (Å²) in [5, 5.41) is 2.50. The maximum Gasteiger partial charge on any atom is 0.407 e. The topological polar surface area (TPSA) is 92.7 Å². The lowest BCUT2D eigenvalue weighted by molar-refractivity contribution is 0.0561. The molecule has 0 saturated heterocycles. The van der Waals surface area contributed by atoms with Gasteiger partial charge in [-0.1, -0.05) is 45.4 Å².